The maximum atomic E-state index is 13.7. The van der Waals surface area contributed by atoms with Crippen LogP contribution in [0.4, 0.5) is 4.39 Å². The number of hydrogen-bond donors (Lipinski definition) is 2. The van der Waals surface area contributed by atoms with Gasteiger partial charge < -0.3 is 5.11 Å². The number of sulfonamides is 1. The van der Waals surface area contributed by atoms with E-state index in [1.165, 1.54) is 12.1 Å². The molecule has 20 heavy (non-hydrogen) atoms. The number of benzene rings is 1. The monoisotopic (exact) mass is 301 g/mol. The molecule has 0 amide bonds. The molecule has 1 aromatic rings. The third kappa shape index (κ3) is 3.56. The maximum absolute atomic E-state index is 13.7. The highest BCUT2D eigenvalue weighted by Gasteiger charge is 2.26. The molecule has 1 aromatic carbocycles. The van der Waals surface area contributed by atoms with Gasteiger partial charge in [0.15, 0.2) is 0 Å². The summed E-state index contributed by atoms with van der Waals surface area (Å²) in [7, 11) is -3.88. The van der Waals surface area contributed by atoms with Crippen molar-refractivity contribution in [3.8, 4) is 0 Å². The Labute approximate surface area is 119 Å². The number of halogens is 1. The van der Waals surface area contributed by atoms with Crippen molar-refractivity contribution in [2.24, 2.45) is 5.92 Å². The third-order valence-electron chi connectivity index (χ3n) is 3.81. The van der Waals surface area contributed by atoms with E-state index < -0.39 is 15.8 Å². The van der Waals surface area contributed by atoms with Crippen molar-refractivity contribution in [3.63, 3.8) is 0 Å². The molecule has 0 spiro atoms. The Morgan fingerprint density at radius 1 is 1.30 bits per heavy atom. The van der Waals surface area contributed by atoms with Crippen LogP contribution in [-0.2, 0) is 16.6 Å². The third-order valence-corrected chi connectivity index (χ3v) is 5.34. The van der Waals surface area contributed by atoms with Crippen molar-refractivity contribution in [3.05, 3.63) is 29.6 Å². The van der Waals surface area contributed by atoms with Gasteiger partial charge in [0.25, 0.3) is 0 Å². The van der Waals surface area contributed by atoms with E-state index in [0.29, 0.717) is 11.5 Å². The summed E-state index contributed by atoms with van der Waals surface area (Å²) in [6, 6.07) is 3.50. The van der Waals surface area contributed by atoms with Gasteiger partial charge in [-0.25, -0.2) is 17.5 Å². The lowest BCUT2D eigenvalue weighted by atomic mass is 9.88. The van der Waals surface area contributed by atoms with Gasteiger partial charge >= 0.3 is 0 Å². The predicted octanol–water partition coefficient (Wildman–Crippen LogP) is 2.17. The van der Waals surface area contributed by atoms with Crippen LogP contribution >= 0.6 is 0 Å². The highest BCUT2D eigenvalue weighted by Crippen LogP contribution is 2.25. The summed E-state index contributed by atoms with van der Waals surface area (Å²) in [4.78, 5) is -0.386. The highest BCUT2D eigenvalue weighted by molar-refractivity contribution is 7.89. The van der Waals surface area contributed by atoms with Gasteiger partial charge in [-0.05, 0) is 49.3 Å². The van der Waals surface area contributed by atoms with Crippen molar-refractivity contribution in [2.45, 2.75) is 50.2 Å². The fourth-order valence-corrected chi connectivity index (χ4v) is 3.95. The molecule has 0 unspecified atom stereocenters. The molecule has 112 valence electrons. The van der Waals surface area contributed by atoms with Crippen molar-refractivity contribution in [1.29, 1.82) is 0 Å². The lowest BCUT2D eigenvalue weighted by molar-refractivity contribution is 0.281. The molecule has 6 heteroatoms. The standard InChI is InChI=1S/C14H20FNO3S/c1-10-2-5-12(6-3-10)16-20(18,19)14-8-11(9-17)4-7-13(14)15/h4,7-8,10,12,16-17H,2-3,5-6,9H2,1H3. The van der Waals surface area contributed by atoms with Crippen molar-refractivity contribution >= 4 is 10.0 Å². The molecule has 2 rings (SSSR count). The molecule has 0 radical (unpaired) electrons. The van der Waals surface area contributed by atoms with Crippen molar-refractivity contribution < 1.29 is 17.9 Å². The Balaban J connectivity index is 2.18. The van der Waals surface area contributed by atoms with E-state index in [4.69, 9.17) is 5.11 Å². The van der Waals surface area contributed by atoms with E-state index in [1.807, 2.05) is 0 Å². The first-order valence-corrected chi connectivity index (χ1v) is 8.32. The van der Waals surface area contributed by atoms with Gasteiger partial charge in [-0.1, -0.05) is 13.0 Å². The molecule has 0 aliphatic heterocycles. The Morgan fingerprint density at radius 2 is 1.95 bits per heavy atom. The lowest BCUT2D eigenvalue weighted by Crippen LogP contribution is -2.37. The highest BCUT2D eigenvalue weighted by atomic mass is 32.2. The van der Waals surface area contributed by atoms with Gasteiger partial charge in [0, 0.05) is 6.04 Å². The molecular formula is C14H20FNO3S. The molecule has 1 aliphatic rings. The topological polar surface area (TPSA) is 66.4 Å². The SMILES string of the molecule is CC1CCC(NS(=O)(=O)c2cc(CO)ccc2F)CC1. The molecule has 2 N–H and O–H groups in total. The largest absolute Gasteiger partial charge is 0.392 e. The smallest absolute Gasteiger partial charge is 0.243 e. The first kappa shape index (κ1) is 15.4. The normalized spacial score (nSPS) is 23.8. The summed E-state index contributed by atoms with van der Waals surface area (Å²) in [5.74, 6) is -0.177. The molecule has 0 bridgehead atoms. The zero-order chi connectivity index (χ0) is 14.8. The van der Waals surface area contributed by atoms with Crippen LogP contribution in [0.5, 0.6) is 0 Å². The summed E-state index contributed by atoms with van der Waals surface area (Å²) in [6.07, 6.45) is 3.52. The number of nitrogens with one attached hydrogen (secondary N) is 1. The van der Waals surface area contributed by atoms with Crippen LogP contribution in [0, 0.1) is 11.7 Å². The zero-order valence-electron chi connectivity index (χ0n) is 11.5. The Hall–Kier alpha value is -0.980. The summed E-state index contributed by atoms with van der Waals surface area (Å²) in [5.41, 5.74) is 0.379. The predicted molar refractivity (Wildman–Crippen MR) is 74.1 cm³/mol. The molecule has 4 nitrogen and oxygen atoms in total. The van der Waals surface area contributed by atoms with Crippen LogP contribution in [0.3, 0.4) is 0 Å². The minimum Gasteiger partial charge on any atom is -0.392 e. The maximum Gasteiger partial charge on any atom is 0.243 e. The number of rotatable bonds is 4. The Morgan fingerprint density at radius 3 is 2.55 bits per heavy atom. The van der Waals surface area contributed by atoms with E-state index in [9.17, 15) is 12.8 Å². The van der Waals surface area contributed by atoms with Crippen LogP contribution in [-0.4, -0.2) is 19.6 Å². The molecule has 0 heterocycles. The molecule has 1 fully saturated rings. The quantitative estimate of drug-likeness (QED) is 0.895. The van der Waals surface area contributed by atoms with Crippen LogP contribution in [0.1, 0.15) is 38.2 Å². The van der Waals surface area contributed by atoms with Gasteiger partial charge in [0.05, 0.1) is 6.61 Å². The average Bonchev–Trinajstić information content (AvgIpc) is 2.41. The van der Waals surface area contributed by atoms with Gasteiger partial charge in [-0.2, -0.15) is 0 Å². The zero-order valence-corrected chi connectivity index (χ0v) is 12.3. The van der Waals surface area contributed by atoms with Gasteiger partial charge in [-0.15, -0.1) is 0 Å². The molecule has 0 aromatic heterocycles. The number of aliphatic hydroxyl groups excluding tert-OH is 1. The van der Waals surface area contributed by atoms with Crippen LogP contribution in [0.2, 0.25) is 0 Å². The van der Waals surface area contributed by atoms with Gasteiger partial charge in [0.2, 0.25) is 10.0 Å². The van der Waals surface area contributed by atoms with E-state index in [1.54, 1.807) is 0 Å². The number of hydrogen-bond acceptors (Lipinski definition) is 3. The lowest BCUT2D eigenvalue weighted by Gasteiger charge is -2.26. The average molecular weight is 301 g/mol. The second-order valence-electron chi connectivity index (χ2n) is 5.50. The number of aliphatic hydroxyl groups is 1. The molecule has 0 saturated heterocycles. The summed E-state index contributed by atoms with van der Waals surface area (Å²) in [6.45, 7) is 1.83. The molecule has 1 aliphatic carbocycles. The van der Waals surface area contributed by atoms with Gasteiger partial charge in [-0.3, -0.25) is 0 Å². The van der Waals surface area contributed by atoms with Gasteiger partial charge in [0.1, 0.15) is 10.7 Å². The van der Waals surface area contributed by atoms with Crippen molar-refractivity contribution in [2.75, 3.05) is 0 Å². The Bertz CT molecular complexity index is 566. The van der Waals surface area contributed by atoms with Crippen LogP contribution in [0.25, 0.3) is 0 Å². The first-order valence-electron chi connectivity index (χ1n) is 6.84. The summed E-state index contributed by atoms with van der Waals surface area (Å²) < 4.78 is 40.8. The first-order chi connectivity index (χ1) is 9.42. The van der Waals surface area contributed by atoms with Crippen molar-refractivity contribution in [1.82, 2.24) is 4.72 Å². The van der Waals surface area contributed by atoms with E-state index in [0.717, 1.165) is 31.7 Å². The van der Waals surface area contributed by atoms with E-state index in [-0.39, 0.29) is 17.5 Å². The molecule has 1 saturated carbocycles. The second kappa shape index (κ2) is 6.20. The minimum atomic E-state index is -3.88. The van der Waals surface area contributed by atoms with Crippen LogP contribution < -0.4 is 4.72 Å². The molecule has 0 atom stereocenters. The summed E-state index contributed by atoms with van der Waals surface area (Å²) in [5, 5.41) is 9.03. The fraction of sp³-hybridized carbons (Fsp3) is 0.571. The Kier molecular flexibility index (Phi) is 4.78. The summed E-state index contributed by atoms with van der Waals surface area (Å²) >= 11 is 0. The van der Waals surface area contributed by atoms with Crippen LogP contribution in [0.15, 0.2) is 23.1 Å². The van der Waals surface area contributed by atoms with E-state index in [2.05, 4.69) is 11.6 Å². The van der Waals surface area contributed by atoms with E-state index >= 15 is 0 Å². The fourth-order valence-electron chi connectivity index (χ4n) is 2.51. The second-order valence-corrected chi connectivity index (χ2v) is 7.18. The molecular weight excluding hydrogens is 281 g/mol. The minimum absolute atomic E-state index is 0.131.